The molecule has 0 aliphatic rings. The lowest BCUT2D eigenvalue weighted by Gasteiger charge is -2.09. The molecule has 1 heterocycles. The van der Waals surface area contributed by atoms with E-state index < -0.39 is 0 Å². The van der Waals surface area contributed by atoms with Gasteiger partial charge in [-0.1, -0.05) is 12.1 Å². The van der Waals surface area contributed by atoms with E-state index in [0.29, 0.717) is 6.61 Å². The van der Waals surface area contributed by atoms with Crippen LogP contribution in [0.4, 0.5) is 5.69 Å². The first-order valence-electron chi connectivity index (χ1n) is 4.87. The van der Waals surface area contributed by atoms with Crippen LogP contribution in [0.15, 0.2) is 34.1 Å². The Morgan fingerprint density at radius 3 is 2.94 bits per heavy atom. The molecule has 0 unspecified atom stereocenters. The van der Waals surface area contributed by atoms with Gasteiger partial charge in [-0.2, -0.15) is 0 Å². The molecule has 1 aromatic carbocycles. The normalized spacial score (nSPS) is 10.4. The van der Waals surface area contributed by atoms with Crippen LogP contribution in [0.5, 0.6) is 5.75 Å². The zero-order valence-corrected chi connectivity index (χ0v) is 11.3. The van der Waals surface area contributed by atoms with Gasteiger partial charge < -0.3 is 10.5 Å². The van der Waals surface area contributed by atoms with E-state index in [2.05, 4.69) is 22.0 Å². The summed E-state index contributed by atoms with van der Waals surface area (Å²) >= 11 is 5.08. The summed E-state index contributed by atoms with van der Waals surface area (Å²) in [6.07, 6.45) is 0. The lowest BCUT2D eigenvalue weighted by Crippen LogP contribution is -1.98. The van der Waals surface area contributed by atoms with Crippen LogP contribution in [0, 0.1) is 6.92 Å². The monoisotopic (exact) mass is 297 g/mol. The Labute approximate surface area is 107 Å². The summed E-state index contributed by atoms with van der Waals surface area (Å²) in [6, 6.07) is 7.87. The van der Waals surface area contributed by atoms with Crippen LogP contribution in [0.1, 0.15) is 10.4 Å². The molecule has 0 spiro atoms. The van der Waals surface area contributed by atoms with E-state index in [-0.39, 0.29) is 0 Å². The van der Waals surface area contributed by atoms with Gasteiger partial charge in [0.1, 0.15) is 12.4 Å². The number of nitrogens with two attached hydrogens (primary N) is 1. The van der Waals surface area contributed by atoms with Crippen molar-refractivity contribution in [1.82, 2.24) is 0 Å². The molecular formula is C12H12BrNOS. The van der Waals surface area contributed by atoms with Gasteiger partial charge in [-0.3, -0.25) is 0 Å². The number of thiophene rings is 1. The number of hydrogen-bond acceptors (Lipinski definition) is 3. The Morgan fingerprint density at radius 2 is 2.25 bits per heavy atom. The molecule has 2 N–H and O–H groups in total. The second kappa shape index (κ2) is 4.89. The molecule has 0 amide bonds. The van der Waals surface area contributed by atoms with E-state index >= 15 is 0 Å². The van der Waals surface area contributed by atoms with Crippen molar-refractivity contribution in [3.8, 4) is 5.75 Å². The third kappa shape index (κ3) is 2.57. The third-order valence-corrected chi connectivity index (χ3v) is 3.95. The fourth-order valence-corrected chi connectivity index (χ4v) is 2.72. The van der Waals surface area contributed by atoms with Gasteiger partial charge in [0.2, 0.25) is 0 Å². The Hall–Kier alpha value is -1.00. The number of anilines is 1. The molecule has 84 valence electrons. The highest BCUT2D eigenvalue weighted by Crippen LogP contribution is 2.27. The van der Waals surface area contributed by atoms with E-state index in [0.717, 1.165) is 21.5 Å². The third-order valence-electron chi connectivity index (χ3n) is 2.28. The van der Waals surface area contributed by atoms with Crippen molar-refractivity contribution in [2.75, 3.05) is 5.73 Å². The molecule has 1 aromatic heterocycles. The fourth-order valence-electron chi connectivity index (χ4n) is 1.36. The average molecular weight is 298 g/mol. The SMILES string of the molecule is Cc1cccc(OCc2cc(Br)cs2)c1N. The second-order valence-electron chi connectivity index (χ2n) is 3.51. The fraction of sp³-hybridized carbons (Fsp3) is 0.167. The molecule has 0 bridgehead atoms. The van der Waals surface area contributed by atoms with Gasteiger partial charge in [-0.25, -0.2) is 0 Å². The van der Waals surface area contributed by atoms with Crippen molar-refractivity contribution >= 4 is 33.0 Å². The molecule has 0 aliphatic carbocycles. The minimum atomic E-state index is 0.559. The molecule has 4 heteroatoms. The van der Waals surface area contributed by atoms with Crippen molar-refractivity contribution in [2.24, 2.45) is 0 Å². The molecule has 0 radical (unpaired) electrons. The van der Waals surface area contributed by atoms with Gasteiger partial charge in [0.25, 0.3) is 0 Å². The number of para-hydroxylation sites is 1. The van der Waals surface area contributed by atoms with Crippen molar-refractivity contribution in [3.63, 3.8) is 0 Å². The van der Waals surface area contributed by atoms with Gasteiger partial charge in [-0.05, 0) is 40.5 Å². The number of nitrogen functional groups attached to an aromatic ring is 1. The Bertz CT molecular complexity index is 496. The van der Waals surface area contributed by atoms with E-state index in [9.17, 15) is 0 Å². The summed E-state index contributed by atoms with van der Waals surface area (Å²) in [6.45, 7) is 2.54. The molecule has 0 fully saturated rings. The van der Waals surface area contributed by atoms with E-state index in [1.165, 1.54) is 4.88 Å². The predicted molar refractivity (Wildman–Crippen MR) is 71.9 cm³/mol. The van der Waals surface area contributed by atoms with Gasteiger partial charge in [0.05, 0.1) is 5.69 Å². The predicted octanol–water partition coefficient (Wildman–Crippen LogP) is 3.98. The van der Waals surface area contributed by atoms with Crippen molar-refractivity contribution in [2.45, 2.75) is 13.5 Å². The summed E-state index contributed by atoms with van der Waals surface area (Å²) in [5, 5.41) is 2.04. The zero-order chi connectivity index (χ0) is 11.5. The van der Waals surface area contributed by atoms with Gasteiger partial charge >= 0.3 is 0 Å². The molecule has 2 aromatic rings. The number of benzene rings is 1. The first-order valence-corrected chi connectivity index (χ1v) is 6.55. The van der Waals surface area contributed by atoms with Crippen LogP contribution in [0.25, 0.3) is 0 Å². The number of ether oxygens (including phenoxy) is 1. The Morgan fingerprint density at radius 1 is 1.44 bits per heavy atom. The number of aryl methyl sites for hydroxylation is 1. The van der Waals surface area contributed by atoms with Crippen LogP contribution in [0.2, 0.25) is 0 Å². The molecule has 2 nitrogen and oxygen atoms in total. The summed E-state index contributed by atoms with van der Waals surface area (Å²) in [5.41, 5.74) is 7.69. The standard InChI is InChI=1S/C12H12BrNOS/c1-8-3-2-4-11(12(8)14)15-6-10-5-9(13)7-16-10/h2-5,7H,6,14H2,1H3. The van der Waals surface area contributed by atoms with Gasteiger partial charge in [0.15, 0.2) is 0 Å². The largest absolute Gasteiger partial charge is 0.486 e. The lowest BCUT2D eigenvalue weighted by molar-refractivity contribution is 0.311. The summed E-state index contributed by atoms with van der Waals surface area (Å²) in [4.78, 5) is 1.17. The van der Waals surface area contributed by atoms with E-state index in [4.69, 9.17) is 10.5 Å². The smallest absolute Gasteiger partial charge is 0.143 e. The molecular weight excluding hydrogens is 286 g/mol. The topological polar surface area (TPSA) is 35.2 Å². The minimum absolute atomic E-state index is 0.559. The van der Waals surface area contributed by atoms with Crippen molar-refractivity contribution in [1.29, 1.82) is 0 Å². The van der Waals surface area contributed by atoms with Crippen LogP contribution in [-0.2, 0) is 6.61 Å². The first-order chi connectivity index (χ1) is 7.66. The maximum Gasteiger partial charge on any atom is 0.143 e. The molecule has 0 saturated heterocycles. The maximum absolute atomic E-state index is 5.92. The lowest BCUT2D eigenvalue weighted by atomic mass is 10.2. The number of halogens is 1. The molecule has 16 heavy (non-hydrogen) atoms. The highest BCUT2D eigenvalue weighted by Gasteiger charge is 2.04. The minimum Gasteiger partial charge on any atom is -0.486 e. The van der Waals surface area contributed by atoms with Crippen molar-refractivity contribution < 1.29 is 4.74 Å². The van der Waals surface area contributed by atoms with Crippen LogP contribution in [0.3, 0.4) is 0 Å². The second-order valence-corrected chi connectivity index (χ2v) is 5.42. The zero-order valence-electron chi connectivity index (χ0n) is 8.87. The van der Waals surface area contributed by atoms with E-state index in [1.54, 1.807) is 11.3 Å². The Kier molecular flexibility index (Phi) is 3.51. The van der Waals surface area contributed by atoms with E-state index in [1.807, 2.05) is 30.5 Å². The maximum atomic E-state index is 5.92. The summed E-state index contributed by atoms with van der Waals surface area (Å²) in [7, 11) is 0. The molecule has 0 aliphatic heterocycles. The first kappa shape index (κ1) is 11.5. The number of hydrogen-bond donors (Lipinski definition) is 1. The number of rotatable bonds is 3. The summed E-state index contributed by atoms with van der Waals surface area (Å²) in [5.74, 6) is 0.754. The van der Waals surface area contributed by atoms with Crippen LogP contribution in [-0.4, -0.2) is 0 Å². The van der Waals surface area contributed by atoms with Crippen molar-refractivity contribution in [3.05, 3.63) is 44.6 Å². The molecule has 2 rings (SSSR count). The molecule has 0 atom stereocenters. The quantitative estimate of drug-likeness (QED) is 0.870. The summed E-state index contributed by atoms with van der Waals surface area (Å²) < 4.78 is 6.77. The highest BCUT2D eigenvalue weighted by molar-refractivity contribution is 9.10. The van der Waals surface area contributed by atoms with Gasteiger partial charge in [-0.15, -0.1) is 11.3 Å². The van der Waals surface area contributed by atoms with Crippen LogP contribution >= 0.6 is 27.3 Å². The highest BCUT2D eigenvalue weighted by atomic mass is 79.9. The average Bonchev–Trinajstić information content (AvgIpc) is 2.67. The Balaban J connectivity index is 2.07. The van der Waals surface area contributed by atoms with Crippen LogP contribution < -0.4 is 10.5 Å². The molecule has 0 saturated carbocycles. The van der Waals surface area contributed by atoms with Gasteiger partial charge in [0, 0.05) is 14.7 Å².